The highest BCUT2D eigenvalue weighted by molar-refractivity contribution is 5.87. The number of carbonyl (C=O) groups excluding carboxylic acids is 2. The zero-order chi connectivity index (χ0) is 27.5. The minimum Gasteiger partial charge on any atom is -0.480 e. The summed E-state index contributed by atoms with van der Waals surface area (Å²) < 4.78 is 11.9. The van der Waals surface area contributed by atoms with Crippen LogP contribution in [0.25, 0.3) is 11.1 Å². The number of carboxylic acids is 1. The third-order valence-corrected chi connectivity index (χ3v) is 7.37. The summed E-state index contributed by atoms with van der Waals surface area (Å²) >= 11 is 0. The summed E-state index contributed by atoms with van der Waals surface area (Å²) in [6.07, 6.45) is 6.73. The van der Waals surface area contributed by atoms with E-state index in [-0.39, 0.29) is 42.7 Å². The molecule has 8 heteroatoms. The summed E-state index contributed by atoms with van der Waals surface area (Å²) in [5, 5.41) is 11.0. The van der Waals surface area contributed by atoms with Gasteiger partial charge in [0.2, 0.25) is 5.91 Å². The van der Waals surface area contributed by atoms with E-state index in [4.69, 9.17) is 14.6 Å². The molecule has 2 aromatic carbocycles. The van der Waals surface area contributed by atoms with Crippen LogP contribution in [-0.4, -0.2) is 72.7 Å². The third-order valence-electron chi connectivity index (χ3n) is 7.37. The zero-order valence-electron chi connectivity index (χ0n) is 22.3. The quantitative estimate of drug-likeness (QED) is 0.297. The number of amides is 1. The highest BCUT2D eigenvalue weighted by Gasteiger charge is 2.45. The summed E-state index contributed by atoms with van der Waals surface area (Å²) in [5.41, 5.74) is 3.41. The van der Waals surface area contributed by atoms with Crippen molar-refractivity contribution in [2.75, 3.05) is 32.8 Å². The second-order valence-corrected chi connectivity index (χ2v) is 10.1. The summed E-state index contributed by atoms with van der Waals surface area (Å²) in [4.78, 5) is 37.7. The number of nitrogens with one attached hydrogen (secondary N) is 1. The van der Waals surface area contributed by atoms with Crippen LogP contribution in [-0.2, 0) is 30.5 Å². The van der Waals surface area contributed by atoms with Gasteiger partial charge in [-0.3, -0.25) is 19.3 Å². The van der Waals surface area contributed by atoms with E-state index in [0.29, 0.717) is 39.1 Å². The number of hydrogen-bond donors (Lipinski definition) is 2. The normalized spacial score (nSPS) is 21.8. The maximum atomic E-state index is 13.2. The van der Waals surface area contributed by atoms with Crippen molar-refractivity contribution in [3.63, 3.8) is 0 Å². The monoisotopic (exact) mass is 534 g/mol. The van der Waals surface area contributed by atoms with Crippen molar-refractivity contribution >= 4 is 17.7 Å². The number of Topliss-reactive ketones (excluding diaryl/α,β-unsaturated/α-hetero) is 1. The van der Waals surface area contributed by atoms with Gasteiger partial charge in [0.05, 0.1) is 32.0 Å². The molecule has 1 heterocycles. The Morgan fingerprint density at radius 1 is 1.03 bits per heavy atom. The summed E-state index contributed by atoms with van der Waals surface area (Å²) in [6.45, 7) is 2.86. The predicted octanol–water partition coefficient (Wildman–Crippen LogP) is 3.85. The fourth-order valence-electron chi connectivity index (χ4n) is 5.35. The van der Waals surface area contributed by atoms with Gasteiger partial charge in [-0.15, -0.1) is 0 Å². The van der Waals surface area contributed by atoms with Crippen molar-refractivity contribution in [1.29, 1.82) is 0 Å². The van der Waals surface area contributed by atoms with Crippen molar-refractivity contribution < 1.29 is 29.0 Å². The molecule has 1 amide bonds. The van der Waals surface area contributed by atoms with Crippen molar-refractivity contribution in [2.45, 2.75) is 50.9 Å². The van der Waals surface area contributed by atoms with Crippen molar-refractivity contribution in [3.8, 4) is 11.1 Å². The number of ether oxygens (including phenoxy) is 2. The largest absolute Gasteiger partial charge is 0.480 e. The molecule has 1 saturated carbocycles. The predicted molar refractivity (Wildman–Crippen MR) is 148 cm³/mol. The molecule has 2 fully saturated rings. The first-order chi connectivity index (χ1) is 19.0. The number of rotatable bonds is 13. The first-order valence-electron chi connectivity index (χ1n) is 13.7. The van der Waals surface area contributed by atoms with Crippen LogP contribution < -0.4 is 5.32 Å². The van der Waals surface area contributed by atoms with E-state index in [1.165, 1.54) is 5.56 Å². The number of allylic oxidation sites excluding steroid dienone is 2. The average Bonchev–Trinajstić information content (AvgIpc) is 3.28. The first kappa shape index (κ1) is 28.7. The van der Waals surface area contributed by atoms with Crippen LogP contribution in [0, 0.1) is 5.92 Å². The zero-order valence-corrected chi connectivity index (χ0v) is 22.3. The number of unbranched alkanes of at least 4 members (excludes halogenated alkanes) is 1. The number of carboxylic acid groups (broad SMARTS) is 1. The van der Waals surface area contributed by atoms with Crippen LogP contribution >= 0.6 is 0 Å². The Labute approximate surface area is 230 Å². The highest BCUT2D eigenvalue weighted by atomic mass is 16.5. The van der Waals surface area contributed by atoms with Gasteiger partial charge in [-0.05, 0) is 36.0 Å². The SMILES string of the molecule is O=C(O)CNC(=O)CCCC=CC[C@H]1[C@H](N2CCOCC2)C(=O)C[C@H]1OCc1ccc(-c2ccccc2)cc1. The maximum Gasteiger partial charge on any atom is 0.322 e. The van der Waals surface area contributed by atoms with E-state index in [2.05, 4.69) is 52.7 Å². The molecular formula is C31H38N2O6. The van der Waals surface area contributed by atoms with Gasteiger partial charge >= 0.3 is 5.97 Å². The summed E-state index contributed by atoms with van der Waals surface area (Å²) in [6, 6.07) is 18.4. The van der Waals surface area contributed by atoms with Crippen LogP contribution in [0.3, 0.4) is 0 Å². The van der Waals surface area contributed by atoms with Gasteiger partial charge in [-0.25, -0.2) is 0 Å². The van der Waals surface area contributed by atoms with Crippen LogP contribution in [0.15, 0.2) is 66.7 Å². The Hall–Kier alpha value is -3.33. The first-order valence-corrected chi connectivity index (χ1v) is 13.7. The molecule has 1 aliphatic heterocycles. The summed E-state index contributed by atoms with van der Waals surface area (Å²) in [7, 11) is 0. The molecule has 0 unspecified atom stereocenters. The minimum atomic E-state index is -1.05. The number of nitrogens with zero attached hydrogens (tertiary/aromatic N) is 1. The molecule has 0 spiro atoms. The molecule has 2 aromatic rings. The smallest absolute Gasteiger partial charge is 0.322 e. The van der Waals surface area contributed by atoms with E-state index in [9.17, 15) is 14.4 Å². The third kappa shape index (κ3) is 8.58. The number of ketones is 1. The van der Waals surface area contributed by atoms with E-state index in [1.54, 1.807) is 0 Å². The molecule has 0 aromatic heterocycles. The van der Waals surface area contributed by atoms with Crippen molar-refractivity contribution in [3.05, 3.63) is 72.3 Å². The van der Waals surface area contributed by atoms with Gasteiger partial charge in [-0.1, -0.05) is 66.7 Å². The standard InChI is InChI=1S/C31H38N2O6/c34-27-20-28(39-22-23-12-14-25(15-13-23)24-8-4-3-5-9-24)26(31(27)33-16-18-38-19-17-33)10-6-1-2-7-11-29(35)32-21-30(36)37/h1,3-6,8-9,12-15,26,28,31H,2,7,10-11,16-22H2,(H,32,35)(H,36,37)/t26-,28-,31+/m1/s1. The number of hydrogen-bond acceptors (Lipinski definition) is 6. The van der Waals surface area contributed by atoms with E-state index in [1.807, 2.05) is 24.3 Å². The number of aliphatic carboxylic acids is 1. The highest BCUT2D eigenvalue weighted by Crippen LogP contribution is 2.34. The Kier molecular flexibility index (Phi) is 10.8. The number of benzene rings is 2. The van der Waals surface area contributed by atoms with Gasteiger partial charge in [0, 0.05) is 31.8 Å². The summed E-state index contributed by atoms with van der Waals surface area (Å²) in [5.74, 6) is -1.03. The number of morpholine rings is 1. The van der Waals surface area contributed by atoms with Crippen LogP contribution in [0.5, 0.6) is 0 Å². The molecule has 1 aliphatic carbocycles. The molecule has 1 saturated heterocycles. The molecule has 208 valence electrons. The van der Waals surface area contributed by atoms with Gasteiger partial charge < -0.3 is 19.9 Å². The lowest BCUT2D eigenvalue weighted by Gasteiger charge is -2.35. The molecule has 2 N–H and O–H groups in total. The second-order valence-electron chi connectivity index (χ2n) is 10.1. The average molecular weight is 535 g/mol. The molecule has 0 radical (unpaired) electrons. The molecule has 39 heavy (non-hydrogen) atoms. The van der Waals surface area contributed by atoms with Crippen molar-refractivity contribution in [1.82, 2.24) is 10.2 Å². The lowest BCUT2D eigenvalue weighted by Crippen LogP contribution is -2.49. The Bertz CT molecular complexity index is 1110. The Balaban J connectivity index is 1.33. The van der Waals surface area contributed by atoms with Crippen LogP contribution in [0.2, 0.25) is 0 Å². The Morgan fingerprint density at radius 3 is 2.46 bits per heavy atom. The van der Waals surface area contributed by atoms with Gasteiger partial charge in [0.25, 0.3) is 0 Å². The molecule has 3 atom stereocenters. The lowest BCUT2D eigenvalue weighted by molar-refractivity contribution is -0.138. The van der Waals surface area contributed by atoms with Gasteiger partial charge in [-0.2, -0.15) is 0 Å². The topological polar surface area (TPSA) is 105 Å². The van der Waals surface area contributed by atoms with Crippen molar-refractivity contribution in [2.24, 2.45) is 5.92 Å². The minimum absolute atomic E-state index is 0.0503. The molecular weight excluding hydrogens is 496 g/mol. The van der Waals surface area contributed by atoms with Crippen LogP contribution in [0.1, 0.15) is 37.7 Å². The van der Waals surface area contributed by atoms with E-state index >= 15 is 0 Å². The van der Waals surface area contributed by atoms with E-state index < -0.39 is 5.97 Å². The molecule has 2 aliphatic rings. The Morgan fingerprint density at radius 2 is 1.74 bits per heavy atom. The van der Waals surface area contributed by atoms with Gasteiger partial charge in [0.1, 0.15) is 6.54 Å². The van der Waals surface area contributed by atoms with Crippen LogP contribution in [0.4, 0.5) is 0 Å². The fraction of sp³-hybridized carbons (Fsp3) is 0.452. The van der Waals surface area contributed by atoms with Gasteiger partial charge in [0.15, 0.2) is 5.78 Å². The molecule has 4 rings (SSSR count). The maximum absolute atomic E-state index is 13.2. The molecule has 8 nitrogen and oxygen atoms in total. The van der Waals surface area contributed by atoms with E-state index in [0.717, 1.165) is 30.6 Å². The fourth-order valence-corrected chi connectivity index (χ4v) is 5.35. The second kappa shape index (κ2) is 14.7. The molecule has 0 bridgehead atoms. The number of carbonyl (C=O) groups is 3. The lowest BCUT2D eigenvalue weighted by atomic mass is 9.95.